The van der Waals surface area contributed by atoms with Gasteiger partial charge in [0.2, 0.25) is 0 Å². The molecule has 0 heterocycles. The Morgan fingerprint density at radius 2 is 1.61 bits per heavy atom. The van der Waals surface area contributed by atoms with Crippen molar-refractivity contribution in [3.05, 3.63) is 70.8 Å². The van der Waals surface area contributed by atoms with E-state index in [-0.39, 0.29) is 5.92 Å². The lowest BCUT2D eigenvalue weighted by atomic mass is 9.84. The third-order valence-corrected chi connectivity index (χ3v) is 3.40. The summed E-state index contributed by atoms with van der Waals surface area (Å²) in [6.07, 6.45) is -0.395. The lowest BCUT2D eigenvalue weighted by molar-refractivity contribution is 0.176. The monoisotopic (exact) mass is 240 g/mol. The Balaban J connectivity index is 2.49. The molecule has 0 aliphatic carbocycles. The van der Waals surface area contributed by atoms with Crippen molar-refractivity contribution < 1.29 is 5.11 Å². The van der Waals surface area contributed by atoms with Crippen LogP contribution >= 0.6 is 0 Å². The van der Waals surface area contributed by atoms with Crippen LogP contribution in [0, 0.1) is 13.8 Å². The summed E-state index contributed by atoms with van der Waals surface area (Å²) in [7, 11) is 0. The second-order valence-corrected chi connectivity index (χ2v) is 4.99. The van der Waals surface area contributed by atoms with Gasteiger partial charge in [-0.1, -0.05) is 54.1 Å². The molecule has 2 atom stereocenters. The van der Waals surface area contributed by atoms with Crippen molar-refractivity contribution in [3.63, 3.8) is 0 Å². The van der Waals surface area contributed by atoms with E-state index in [1.165, 1.54) is 22.3 Å². The number of aryl methyl sites for hydroxylation is 2. The molecule has 0 amide bonds. The molecule has 0 radical (unpaired) electrons. The Hall–Kier alpha value is -1.60. The molecule has 1 N–H and O–H groups in total. The quantitative estimate of drug-likeness (QED) is 0.864. The van der Waals surface area contributed by atoms with Gasteiger partial charge in [-0.2, -0.15) is 0 Å². The molecule has 18 heavy (non-hydrogen) atoms. The van der Waals surface area contributed by atoms with Gasteiger partial charge in [0.1, 0.15) is 0 Å². The molecule has 1 nitrogen and oxygen atoms in total. The molecule has 2 aromatic carbocycles. The summed E-state index contributed by atoms with van der Waals surface area (Å²) in [5.74, 6) is 0.0480. The zero-order valence-corrected chi connectivity index (χ0v) is 11.2. The molecule has 0 aromatic heterocycles. The Morgan fingerprint density at radius 3 is 2.17 bits per heavy atom. The summed E-state index contributed by atoms with van der Waals surface area (Å²) in [6.45, 7) is 6.06. The Bertz CT molecular complexity index is 514. The molecule has 0 saturated carbocycles. The van der Waals surface area contributed by atoms with Gasteiger partial charge in [-0.15, -0.1) is 0 Å². The van der Waals surface area contributed by atoms with Crippen LogP contribution in [0.25, 0.3) is 0 Å². The normalized spacial score (nSPS) is 14.2. The first-order valence-electron chi connectivity index (χ1n) is 6.39. The minimum atomic E-state index is -0.395. The van der Waals surface area contributed by atoms with Crippen LogP contribution in [0.2, 0.25) is 0 Å². The Labute approximate surface area is 109 Å². The molecule has 2 rings (SSSR count). The van der Waals surface area contributed by atoms with Gasteiger partial charge >= 0.3 is 0 Å². The second kappa shape index (κ2) is 5.36. The van der Waals surface area contributed by atoms with Gasteiger partial charge in [0.15, 0.2) is 0 Å². The number of aliphatic hydroxyl groups is 1. The molecular weight excluding hydrogens is 220 g/mol. The highest BCUT2D eigenvalue weighted by Crippen LogP contribution is 2.30. The first kappa shape index (κ1) is 12.8. The molecule has 1 heteroatoms. The van der Waals surface area contributed by atoms with Crippen LogP contribution in [0.1, 0.15) is 35.1 Å². The van der Waals surface area contributed by atoms with Gasteiger partial charge < -0.3 is 5.11 Å². The zero-order valence-electron chi connectivity index (χ0n) is 11.2. The van der Waals surface area contributed by atoms with Gasteiger partial charge in [0, 0.05) is 5.92 Å². The highest BCUT2D eigenvalue weighted by atomic mass is 16.3. The van der Waals surface area contributed by atoms with Crippen LogP contribution in [0.3, 0.4) is 0 Å². The first-order chi connectivity index (χ1) is 8.59. The summed E-state index contributed by atoms with van der Waals surface area (Å²) in [6, 6.07) is 16.6. The van der Waals surface area contributed by atoms with Crippen LogP contribution in [0.5, 0.6) is 0 Å². The molecule has 0 spiro atoms. The topological polar surface area (TPSA) is 20.2 Å². The molecule has 0 saturated heterocycles. The van der Waals surface area contributed by atoms with Crippen molar-refractivity contribution in [1.82, 2.24) is 0 Å². The third kappa shape index (κ3) is 2.62. The number of rotatable bonds is 3. The smallest absolute Gasteiger partial charge is 0.0621 e. The summed E-state index contributed by atoms with van der Waals surface area (Å²) in [4.78, 5) is 0. The summed E-state index contributed by atoms with van der Waals surface area (Å²) < 4.78 is 0. The molecule has 2 unspecified atom stereocenters. The first-order valence-corrected chi connectivity index (χ1v) is 6.39. The fraction of sp³-hybridized carbons (Fsp3) is 0.294. The van der Waals surface area contributed by atoms with E-state index >= 15 is 0 Å². The number of hydrogen-bond acceptors (Lipinski definition) is 1. The van der Waals surface area contributed by atoms with E-state index in [2.05, 4.69) is 44.2 Å². The summed E-state index contributed by atoms with van der Waals surface area (Å²) in [5.41, 5.74) is 4.87. The number of benzene rings is 2. The van der Waals surface area contributed by atoms with Gasteiger partial charge in [-0.3, -0.25) is 0 Å². The van der Waals surface area contributed by atoms with E-state index in [9.17, 15) is 5.11 Å². The molecule has 2 aromatic rings. The van der Waals surface area contributed by atoms with E-state index in [4.69, 9.17) is 0 Å². The van der Waals surface area contributed by atoms with Crippen LogP contribution < -0.4 is 0 Å². The second-order valence-electron chi connectivity index (χ2n) is 4.99. The van der Waals surface area contributed by atoms with Crippen molar-refractivity contribution in [2.24, 2.45) is 0 Å². The maximum absolute atomic E-state index is 10.1. The van der Waals surface area contributed by atoms with Crippen molar-refractivity contribution in [3.8, 4) is 0 Å². The lowest BCUT2D eigenvalue weighted by Gasteiger charge is -2.23. The van der Waals surface area contributed by atoms with Crippen LogP contribution in [0.15, 0.2) is 48.5 Å². The van der Waals surface area contributed by atoms with Crippen LogP contribution in [-0.4, -0.2) is 11.2 Å². The van der Waals surface area contributed by atoms with E-state index in [1.54, 1.807) is 0 Å². The SMILES string of the molecule is Cc1ccc(C(c2ccccc2)C(C)O)c(C)c1. The van der Waals surface area contributed by atoms with Crippen LogP contribution in [-0.2, 0) is 0 Å². The van der Waals surface area contributed by atoms with Crippen molar-refractivity contribution in [2.45, 2.75) is 32.8 Å². The van der Waals surface area contributed by atoms with Crippen molar-refractivity contribution in [1.29, 1.82) is 0 Å². The minimum Gasteiger partial charge on any atom is -0.392 e. The van der Waals surface area contributed by atoms with Gasteiger partial charge in [-0.05, 0) is 37.5 Å². The molecule has 0 bridgehead atoms. The lowest BCUT2D eigenvalue weighted by Crippen LogP contribution is -2.17. The fourth-order valence-electron chi connectivity index (χ4n) is 2.55. The maximum Gasteiger partial charge on any atom is 0.0621 e. The summed E-state index contributed by atoms with van der Waals surface area (Å²) >= 11 is 0. The highest BCUT2D eigenvalue weighted by molar-refractivity contribution is 5.40. The fourth-order valence-corrected chi connectivity index (χ4v) is 2.55. The molecule has 0 aliphatic rings. The predicted octanol–water partition coefficient (Wildman–Crippen LogP) is 3.82. The van der Waals surface area contributed by atoms with E-state index in [0.717, 1.165) is 0 Å². The Kier molecular flexibility index (Phi) is 3.83. The predicted molar refractivity (Wildman–Crippen MR) is 75.9 cm³/mol. The van der Waals surface area contributed by atoms with E-state index < -0.39 is 6.10 Å². The van der Waals surface area contributed by atoms with Crippen LogP contribution in [0.4, 0.5) is 0 Å². The van der Waals surface area contributed by atoms with Crippen molar-refractivity contribution >= 4 is 0 Å². The maximum atomic E-state index is 10.1. The molecule has 94 valence electrons. The zero-order chi connectivity index (χ0) is 13.1. The average molecular weight is 240 g/mol. The van der Waals surface area contributed by atoms with Crippen molar-refractivity contribution in [2.75, 3.05) is 0 Å². The largest absolute Gasteiger partial charge is 0.392 e. The average Bonchev–Trinajstić information content (AvgIpc) is 2.33. The van der Waals surface area contributed by atoms with E-state index in [1.807, 2.05) is 25.1 Å². The molecule has 0 fully saturated rings. The van der Waals surface area contributed by atoms with Gasteiger partial charge in [0.25, 0.3) is 0 Å². The Morgan fingerprint density at radius 1 is 0.944 bits per heavy atom. The van der Waals surface area contributed by atoms with Gasteiger partial charge in [0.05, 0.1) is 6.10 Å². The summed E-state index contributed by atoms with van der Waals surface area (Å²) in [5, 5.41) is 10.1. The molecule has 0 aliphatic heterocycles. The third-order valence-electron chi connectivity index (χ3n) is 3.40. The van der Waals surface area contributed by atoms with Gasteiger partial charge in [-0.25, -0.2) is 0 Å². The number of aliphatic hydroxyl groups excluding tert-OH is 1. The minimum absolute atomic E-state index is 0.0480. The number of hydrogen-bond donors (Lipinski definition) is 1. The van der Waals surface area contributed by atoms with E-state index in [0.29, 0.717) is 0 Å². The standard InChI is InChI=1S/C17H20O/c1-12-9-10-16(13(2)11-12)17(14(3)18)15-7-5-4-6-8-15/h4-11,14,17-18H,1-3H3. The molecular formula is C17H20O. The highest BCUT2D eigenvalue weighted by Gasteiger charge is 2.20.